The third-order valence-corrected chi connectivity index (χ3v) is 4.59. The first-order chi connectivity index (χ1) is 8.31. The van der Waals surface area contributed by atoms with E-state index in [1.807, 2.05) is 0 Å². The van der Waals surface area contributed by atoms with Crippen LogP contribution in [0.5, 0.6) is 0 Å². The summed E-state index contributed by atoms with van der Waals surface area (Å²) in [5.74, 6) is 0.792. The summed E-state index contributed by atoms with van der Waals surface area (Å²) in [5.41, 5.74) is 5.93. The number of likely N-dealkylation sites (tertiary alicyclic amines) is 2. The van der Waals surface area contributed by atoms with Crippen LogP contribution in [0.4, 0.5) is 0 Å². The van der Waals surface area contributed by atoms with Crippen LogP contribution in [0.25, 0.3) is 0 Å². The summed E-state index contributed by atoms with van der Waals surface area (Å²) in [7, 11) is 0. The van der Waals surface area contributed by atoms with E-state index in [4.69, 9.17) is 5.73 Å². The van der Waals surface area contributed by atoms with E-state index in [0.717, 1.165) is 12.5 Å². The predicted octanol–water partition coefficient (Wildman–Crippen LogP) is 1.53. The molecule has 2 unspecified atom stereocenters. The molecule has 2 aliphatic rings. The molecular weight excluding hydrogens is 210 g/mol. The maximum absolute atomic E-state index is 5.93. The number of nitrogens with two attached hydrogens (primary N) is 1. The lowest BCUT2D eigenvalue weighted by Crippen LogP contribution is -2.49. The Kier molecular flexibility index (Phi) is 5.26. The van der Waals surface area contributed by atoms with Gasteiger partial charge in [0.25, 0.3) is 0 Å². The maximum atomic E-state index is 5.93. The molecule has 2 heterocycles. The molecular formula is C14H29N3. The molecule has 2 fully saturated rings. The van der Waals surface area contributed by atoms with Crippen molar-refractivity contribution in [3.8, 4) is 0 Å². The number of nitrogens with zero attached hydrogens (tertiary/aromatic N) is 2. The molecule has 0 aromatic heterocycles. The number of rotatable bonds is 5. The van der Waals surface area contributed by atoms with Crippen LogP contribution in [-0.2, 0) is 0 Å². The molecule has 0 aliphatic carbocycles. The van der Waals surface area contributed by atoms with Gasteiger partial charge in [-0.1, -0.05) is 6.92 Å². The Balaban J connectivity index is 1.69. The Morgan fingerprint density at radius 1 is 1.06 bits per heavy atom. The van der Waals surface area contributed by atoms with E-state index < -0.39 is 0 Å². The summed E-state index contributed by atoms with van der Waals surface area (Å²) in [5, 5.41) is 0. The average molecular weight is 239 g/mol. The number of hydrogen-bond donors (Lipinski definition) is 1. The molecule has 0 saturated carbocycles. The van der Waals surface area contributed by atoms with Crippen LogP contribution in [0.2, 0.25) is 0 Å². The molecule has 0 radical (unpaired) electrons. The van der Waals surface area contributed by atoms with Gasteiger partial charge < -0.3 is 10.6 Å². The minimum absolute atomic E-state index is 0.641. The fourth-order valence-electron chi connectivity index (χ4n) is 3.50. The molecule has 2 rings (SSSR count). The van der Waals surface area contributed by atoms with E-state index in [-0.39, 0.29) is 0 Å². The highest BCUT2D eigenvalue weighted by Gasteiger charge is 2.26. The second-order valence-corrected chi connectivity index (χ2v) is 5.86. The van der Waals surface area contributed by atoms with Gasteiger partial charge in [-0.15, -0.1) is 0 Å². The van der Waals surface area contributed by atoms with Crippen molar-refractivity contribution in [1.82, 2.24) is 9.80 Å². The third kappa shape index (κ3) is 3.67. The van der Waals surface area contributed by atoms with Crippen molar-refractivity contribution in [2.75, 3.05) is 39.3 Å². The van der Waals surface area contributed by atoms with Gasteiger partial charge in [0.05, 0.1) is 0 Å². The first kappa shape index (κ1) is 13.3. The fourth-order valence-corrected chi connectivity index (χ4v) is 3.50. The van der Waals surface area contributed by atoms with E-state index >= 15 is 0 Å². The van der Waals surface area contributed by atoms with Crippen LogP contribution in [-0.4, -0.2) is 55.1 Å². The summed E-state index contributed by atoms with van der Waals surface area (Å²) in [6.45, 7) is 9.68. The largest absolute Gasteiger partial charge is 0.329 e. The van der Waals surface area contributed by atoms with E-state index in [0.29, 0.717) is 6.04 Å². The summed E-state index contributed by atoms with van der Waals surface area (Å²) in [6.07, 6.45) is 6.87. The Labute approximate surface area is 106 Å². The number of hydrogen-bond acceptors (Lipinski definition) is 3. The molecule has 0 aromatic rings. The molecule has 100 valence electrons. The molecule has 0 aromatic carbocycles. The quantitative estimate of drug-likeness (QED) is 0.790. The Morgan fingerprint density at radius 2 is 1.82 bits per heavy atom. The molecule has 2 atom stereocenters. The maximum Gasteiger partial charge on any atom is 0.0244 e. The lowest BCUT2D eigenvalue weighted by molar-refractivity contribution is 0.101. The van der Waals surface area contributed by atoms with Gasteiger partial charge in [-0.2, -0.15) is 0 Å². The summed E-state index contributed by atoms with van der Waals surface area (Å²) in [6, 6.07) is 0.641. The average Bonchev–Trinajstić information content (AvgIpc) is 2.82. The highest BCUT2D eigenvalue weighted by atomic mass is 15.2. The highest BCUT2D eigenvalue weighted by molar-refractivity contribution is 4.82. The monoisotopic (exact) mass is 239 g/mol. The fraction of sp³-hybridized carbons (Fsp3) is 1.00. The van der Waals surface area contributed by atoms with Crippen molar-refractivity contribution in [3.05, 3.63) is 0 Å². The Bertz CT molecular complexity index is 214. The summed E-state index contributed by atoms with van der Waals surface area (Å²) in [4.78, 5) is 5.26. The zero-order valence-corrected chi connectivity index (χ0v) is 11.4. The van der Waals surface area contributed by atoms with Crippen molar-refractivity contribution in [2.24, 2.45) is 11.7 Å². The minimum Gasteiger partial charge on any atom is -0.329 e. The van der Waals surface area contributed by atoms with Gasteiger partial charge in [0.1, 0.15) is 0 Å². The van der Waals surface area contributed by atoms with Crippen molar-refractivity contribution in [1.29, 1.82) is 0 Å². The first-order valence-corrected chi connectivity index (χ1v) is 7.47. The van der Waals surface area contributed by atoms with Crippen LogP contribution in [0.15, 0.2) is 0 Å². The third-order valence-electron chi connectivity index (χ3n) is 4.59. The van der Waals surface area contributed by atoms with Crippen molar-refractivity contribution < 1.29 is 0 Å². The standard InChI is InChI=1S/C14H29N3/c1-13-6-4-10-17(14(13)12-15)11-5-9-16-7-2-3-8-16/h13-14H,2-12,15H2,1H3. The second-order valence-electron chi connectivity index (χ2n) is 5.86. The van der Waals surface area contributed by atoms with Crippen molar-refractivity contribution in [2.45, 2.75) is 45.1 Å². The minimum atomic E-state index is 0.641. The van der Waals surface area contributed by atoms with Crippen LogP contribution in [0.1, 0.15) is 39.0 Å². The molecule has 3 nitrogen and oxygen atoms in total. The zero-order valence-electron chi connectivity index (χ0n) is 11.4. The SMILES string of the molecule is CC1CCCN(CCCN2CCCC2)C1CN. The molecule has 3 heteroatoms. The first-order valence-electron chi connectivity index (χ1n) is 7.47. The van der Waals surface area contributed by atoms with E-state index in [1.54, 1.807) is 0 Å². The Morgan fingerprint density at radius 3 is 2.53 bits per heavy atom. The van der Waals surface area contributed by atoms with E-state index in [9.17, 15) is 0 Å². The predicted molar refractivity (Wildman–Crippen MR) is 73.1 cm³/mol. The lowest BCUT2D eigenvalue weighted by Gasteiger charge is -2.39. The molecule has 0 bridgehead atoms. The zero-order chi connectivity index (χ0) is 12.1. The highest BCUT2D eigenvalue weighted by Crippen LogP contribution is 2.22. The second kappa shape index (κ2) is 6.72. The van der Waals surface area contributed by atoms with Gasteiger partial charge in [-0.25, -0.2) is 0 Å². The smallest absolute Gasteiger partial charge is 0.0244 e. The van der Waals surface area contributed by atoms with Crippen molar-refractivity contribution >= 4 is 0 Å². The van der Waals surface area contributed by atoms with Crippen LogP contribution < -0.4 is 5.73 Å². The lowest BCUT2D eigenvalue weighted by atomic mass is 9.90. The van der Waals surface area contributed by atoms with Gasteiger partial charge >= 0.3 is 0 Å². The summed E-state index contributed by atoms with van der Waals surface area (Å²) >= 11 is 0. The molecule has 0 amide bonds. The molecule has 2 saturated heterocycles. The van der Waals surface area contributed by atoms with Crippen LogP contribution in [0, 0.1) is 5.92 Å². The normalized spacial score (nSPS) is 32.1. The van der Waals surface area contributed by atoms with Gasteiger partial charge in [-0.3, -0.25) is 4.90 Å². The van der Waals surface area contributed by atoms with Crippen molar-refractivity contribution in [3.63, 3.8) is 0 Å². The van der Waals surface area contributed by atoms with Gasteiger partial charge in [0.15, 0.2) is 0 Å². The Hall–Kier alpha value is -0.120. The van der Waals surface area contributed by atoms with E-state index in [1.165, 1.54) is 64.8 Å². The molecule has 17 heavy (non-hydrogen) atoms. The number of piperidine rings is 1. The molecule has 0 spiro atoms. The van der Waals surface area contributed by atoms with Gasteiger partial charge in [0, 0.05) is 12.6 Å². The molecule has 2 N–H and O–H groups in total. The topological polar surface area (TPSA) is 32.5 Å². The van der Waals surface area contributed by atoms with E-state index in [2.05, 4.69) is 16.7 Å². The van der Waals surface area contributed by atoms with Gasteiger partial charge in [0.2, 0.25) is 0 Å². The molecule has 2 aliphatic heterocycles. The van der Waals surface area contributed by atoms with Crippen LogP contribution in [0.3, 0.4) is 0 Å². The van der Waals surface area contributed by atoms with Crippen LogP contribution >= 0.6 is 0 Å². The van der Waals surface area contributed by atoms with Gasteiger partial charge in [-0.05, 0) is 70.7 Å². The summed E-state index contributed by atoms with van der Waals surface area (Å²) < 4.78 is 0.